The minimum Gasteiger partial charge on any atom is -0.496 e. The van der Waals surface area contributed by atoms with Crippen LogP contribution >= 0.6 is 0 Å². The molecule has 18 heavy (non-hydrogen) atoms. The minimum atomic E-state index is 0.551. The normalized spacial score (nSPS) is 12.9. The molecule has 2 N–H and O–H groups in total. The Balaban J connectivity index is 3.13. The largest absolute Gasteiger partial charge is 0.496 e. The van der Waals surface area contributed by atoms with Crippen LogP contribution in [0.3, 0.4) is 0 Å². The van der Waals surface area contributed by atoms with Gasteiger partial charge in [-0.2, -0.15) is 0 Å². The van der Waals surface area contributed by atoms with Gasteiger partial charge in [0.05, 0.1) is 7.11 Å². The molecule has 0 aliphatic heterocycles. The summed E-state index contributed by atoms with van der Waals surface area (Å²) >= 11 is 0. The lowest BCUT2D eigenvalue weighted by atomic mass is 9.85. The molecule has 0 saturated carbocycles. The van der Waals surface area contributed by atoms with Gasteiger partial charge in [-0.3, -0.25) is 0 Å². The molecule has 0 aromatic heterocycles. The molecule has 0 radical (unpaired) electrons. The number of methoxy groups -OCH3 is 1. The number of benzene rings is 1. The number of hydrogen-bond acceptors (Lipinski definition) is 2. The van der Waals surface area contributed by atoms with E-state index in [2.05, 4.69) is 40.7 Å². The number of hydrogen-bond donors (Lipinski definition) is 1. The summed E-state index contributed by atoms with van der Waals surface area (Å²) in [5.74, 6) is 2.16. The average molecular weight is 249 g/mol. The monoisotopic (exact) mass is 249 g/mol. The summed E-state index contributed by atoms with van der Waals surface area (Å²) in [6, 6.07) is 2.14. The van der Waals surface area contributed by atoms with Crippen LogP contribution in [0.2, 0.25) is 0 Å². The van der Waals surface area contributed by atoms with Gasteiger partial charge >= 0.3 is 0 Å². The molecule has 1 rings (SSSR count). The van der Waals surface area contributed by atoms with E-state index in [9.17, 15) is 0 Å². The van der Waals surface area contributed by atoms with Gasteiger partial charge in [0, 0.05) is 0 Å². The summed E-state index contributed by atoms with van der Waals surface area (Å²) in [5.41, 5.74) is 11.2. The Morgan fingerprint density at radius 3 is 2.22 bits per heavy atom. The van der Waals surface area contributed by atoms with Crippen molar-refractivity contribution in [3.63, 3.8) is 0 Å². The smallest absolute Gasteiger partial charge is 0.122 e. The molecule has 1 aromatic carbocycles. The molecule has 0 heterocycles. The highest BCUT2D eigenvalue weighted by atomic mass is 16.5. The third-order valence-electron chi connectivity index (χ3n) is 4.14. The molecular weight excluding hydrogens is 222 g/mol. The van der Waals surface area contributed by atoms with Gasteiger partial charge in [-0.05, 0) is 73.9 Å². The Hall–Kier alpha value is -1.02. The number of aryl methyl sites for hydroxylation is 1. The van der Waals surface area contributed by atoms with Crippen LogP contribution in [0, 0.1) is 32.6 Å². The van der Waals surface area contributed by atoms with E-state index in [0.29, 0.717) is 11.8 Å². The van der Waals surface area contributed by atoms with Crippen LogP contribution in [-0.2, 0) is 6.42 Å². The fourth-order valence-electron chi connectivity index (χ4n) is 2.48. The van der Waals surface area contributed by atoms with E-state index in [1.165, 1.54) is 22.3 Å². The molecule has 1 unspecified atom stereocenters. The highest BCUT2D eigenvalue weighted by molar-refractivity contribution is 5.48. The first-order valence-electron chi connectivity index (χ1n) is 6.76. The summed E-state index contributed by atoms with van der Waals surface area (Å²) in [4.78, 5) is 0. The predicted octanol–water partition coefficient (Wildman–Crippen LogP) is 3.39. The minimum absolute atomic E-state index is 0.551. The first-order chi connectivity index (χ1) is 8.42. The lowest BCUT2D eigenvalue weighted by Crippen LogP contribution is -2.23. The molecule has 0 aliphatic carbocycles. The van der Waals surface area contributed by atoms with Crippen molar-refractivity contribution in [1.29, 1.82) is 0 Å². The van der Waals surface area contributed by atoms with Crippen LogP contribution in [-0.4, -0.2) is 13.7 Å². The van der Waals surface area contributed by atoms with Gasteiger partial charge < -0.3 is 10.5 Å². The zero-order valence-electron chi connectivity index (χ0n) is 12.6. The van der Waals surface area contributed by atoms with Gasteiger partial charge in [0.25, 0.3) is 0 Å². The molecule has 0 bridgehead atoms. The first-order valence-corrected chi connectivity index (χ1v) is 6.76. The Morgan fingerprint density at radius 1 is 1.17 bits per heavy atom. The van der Waals surface area contributed by atoms with Gasteiger partial charge in [0.1, 0.15) is 5.75 Å². The number of nitrogens with two attached hydrogens (primary N) is 1. The molecule has 0 saturated heterocycles. The Morgan fingerprint density at radius 2 is 1.78 bits per heavy atom. The second kappa shape index (κ2) is 6.24. The summed E-state index contributed by atoms with van der Waals surface area (Å²) in [6.07, 6.45) is 1.07. The van der Waals surface area contributed by atoms with Crippen molar-refractivity contribution in [2.45, 2.75) is 41.0 Å². The van der Waals surface area contributed by atoms with Crippen molar-refractivity contribution < 1.29 is 4.74 Å². The van der Waals surface area contributed by atoms with E-state index >= 15 is 0 Å². The second-order valence-corrected chi connectivity index (χ2v) is 5.57. The van der Waals surface area contributed by atoms with E-state index in [-0.39, 0.29) is 0 Å². The molecule has 102 valence electrons. The Bertz CT molecular complexity index is 410. The maximum Gasteiger partial charge on any atom is 0.122 e. The fraction of sp³-hybridized carbons (Fsp3) is 0.625. The zero-order valence-corrected chi connectivity index (χ0v) is 12.6. The highest BCUT2D eigenvalue weighted by Crippen LogP contribution is 2.30. The van der Waals surface area contributed by atoms with Crippen LogP contribution in [0.1, 0.15) is 36.1 Å². The molecule has 2 nitrogen and oxygen atoms in total. The topological polar surface area (TPSA) is 35.2 Å². The molecule has 0 aliphatic rings. The average Bonchev–Trinajstić information content (AvgIpc) is 2.33. The summed E-state index contributed by atoms with van der Waals surface area (Å²) in [5, 5.41) is 0. The zero-order chi connectivity index (χ0) is 13.9. The van der Waals surface area contributed by atoms with E-state index < -0.39 is 0 Å². The third kappa shape index (κ3) is 3.05. The SMILES string of the molecule is COc1cc(C)c(CC(CN)C(C)C)c(C)c1C. The lowest BCUT2D eigenvalue weighted by molar-refractivity contribution is 0.389. The van der Waals surface area contributed by atoms with E-state index in [1.54, 1.807) is 7.11 Å². The summed E-state index contributed by atoms with van der Waals surface area (Å²) < 4.78 is 5.42. The molecule has 1 aromatic rings. The Labute approximate surface area is 112 Å². The van der Waals surface area contributed by atoms with Crippen molar-refractivity contribution in [2.75, 3.05) is 13.7 Å². The highest BCUT2D eigenvalue weighted by Gasteiger charge is 2.17. The van der Waals surface area contributed by atoms with E-state index in [1.807, 2.05) is 0 Å². The van der Waals surface area contributed by atoms with Gasteiger partial charge in [0.15, 0.2) is 0 Å². The van der Waals surface area contributed by atoms with Crippen molar-refractivity contribution in [2.24, 2.45) is 17.6 Å². The van der Waals surface area contributed by atoms with Crippen molar-refractivity contribution in [3.05, 3.63) is 28.3 Å². The maximum absolute atomic E-state index is 5.89. The van der Waals surface area contributed by atoms with E-state index in [0.717, 1.165) is 18.7 Å². The maximum atomic E-state index is 5.89. The van der Waals surface area contributed by atoms with Crippen LogP contribution in [0.25, 0.3) is 0 Å². The molecule has 0 fully saturated rings. The van der Waals surface area contributed by atoms with Crippen LogP contribution < -0.4 is 10.5 Å². The fourth-order valence-corrected chi connectivity index (χ4v) is 2.48. The van der Waals surface area contributed by atoms with Crippen molar-refractivity contribution in [3.8, 4) is 5.75 Å². The summed E-state index contributed by atoms with van der Waals surface area (Å²) in [6.45, 7) is 11.7. The molecule has 0 spiro atoms. The third-order valence-corrected chi connectivity index (χ3v) is 4.14. The van der Waals surface area contributed by atoms with Gasteiger partial charge in [-0.1, -0.05) is 13.8 Å². The number of rotatable bonds is 5. The molecular formula is C16H27NO. The second-order valence-electron chi connectivity index (χ2n) is 5.57. The predicted molar refractivity (Wildman–Crippen MR) is 78.3 cm³/mol. The van der Waals surface area contributed by atoms with Crippen molar-refractivity contribution >= 4 is 0 Å². The van der Waals surface area contributed by atoms with Gasteiger partial charge in [0.2, 0.25) is 0 Å². The van der Waals surface area contributed by atoms with Crippen LogP contribution in [0.5, 0.6) is 5.75 Å². The standard InChI is InChI=1S/C16H27NO/c1-10(2)14(9-17)8-15-11(3)7-16(18-6)13(5)12(15)4/h7,10,14H,8-9,17H2,1-6H3. The summed E-state index contributed by atoms with van der Waals surface area (Å²) in [7, 11) is 1.73. The molecule has 1 atom stereocenters. The lowest BCUT2D eigenvalue weighted by Gasteiger charge is -2.23. The van der Waals surface area contributed by atoms with Crippen LogP contribution in [0.4, 0.5) is 0 Å². The van der Waals surface area contributed by atoms with Gasteiger partial charge in [-0.15, -0.1) is 0 Å². The quantitative estimate of drug-likeness (QED) is 0.868. The Kier molecular flexibility index (Phi) is 5.21. The van der Waals surface area contributed by atoms with Crippen LogP contribution in [0.15, 0.2) is 6.07 Å². The molecule has 0 amide bonds. The van der Waals surface area contributed by atoms with Crippen molar-refractivity contribution in [1.82, 2.24) is 0 Å². The van der Waals surface area contributed by atoms with E-state index in [4.69, 9.17) is 10.5 Å². The van der Waals surface area contributed by atoms with Gasteiger partial charge in [-0.25, -0.2) is 0 Å². The number of ether oxygens (including phenoxy) is 1. The molecule has 2 heteroatoms. The first kappa shape index (κ1) is 15.0.